The number of rotatable bonds is 9. The fourth-order valence-corrected chi connectivity index (χ4v) is 5.70. The lowest BCUT2D eigenvalue weighted by Gasteiger charge is -2.16. The van der Waals surface area contributed by atoms with E-state index in [2.05, 4.69) is 0 Å². The summed E-state index contributed by atoms with van der Waals surface area (Å²) in [6, 6.07) is 19.0. The molecule has 184 valence electrons. The molecule has 7 nitrogen and oxygen atoms in total. The summed E-state index contributed by atoms with van der Waals surface area (Å²) < 4.78 is 46.7. The molecule has 0 fully saturated rings. The van der Waals surface area contributed by atoms with Crippen molar-refractivity contribution in [2.45, 2.75) is 4.90 Å². The predicted octanol–water partition coefficient (Wildman–Crippen LogP) is 5.16. The SMILES string of the molecule is COc1ccc(S(=O)(=O)n2c(-c3ccccc3)c(OCCN(C)C)c3ccc(Cl)cc32)c(OC)c1. The lowest BCUT2D eigenvalue weighted by atomic mass is 10.1. The van der Waals surface area contributed by atoms with E-state index < -0.39 is 10.0 Å². The van der Waals surface area contributed by atoms with Crippen LogP contribution in [0.3, 0.4) is 0 Å². The standard InChI is InChI=1S/C26H27ClN2O5S/c1-28(2)14-15-34-26-21-12-10-19(27)16-22(21)29(25(26)18-8-6-5-7-9-18)35(30,31)24-13-11-20(32-3)17-23(24)33-4/h5-13,16-17H,14-15H2,1-4H3. The van der Waals surface area contributed by atoms with Crippen LogP contribution in [0.2, 0.25) is 5.02 Å². The van der Waals surface area contributed by atoms with Crippen LogP contribution in [-0.2, 0) is 10.0 Å². The van der Waals surface area contributed by atoms with Gasteiger partial charge in [-0.25, -0.2) is 12.4 Å². The second-order valence-corrected chi connectivity index (χ2v) is 10.3. The molecule has 1 aromatic heterocycles. The number of hydrogen-bond donors (Lipinski definition) is 0. The van der Waals surface area contributed by atoms with Gasteiger partial charge in [-0.15, -0.1) is 0 Å². The Bertz CT molecular complexity index is 1450. The molecular weight excluding hydrogens is 488 g/mol. The van der Waals surface area contributed by atoms with Gasteiger partial charge >= 0.3 is 0 Å². The van der Waals surface area contributed by atoms with Crippen LogP contribution < -0.4 is 14.2 Å². The second kappa shape index (κ2) is 10.2. The number of benzene rings is 3. The van der Waals surface area contributed by atoms with E-state index in [1.54, 1.807) is 30.3 Å². The average molecular weight is 515 g/mol. The Kier molecular flexibility index (Phi) is 7.25. The minimum Gasteiger partial charge on any atom is -0.497 e. The molecule has 1 heterocycles. The van der Waals surface area contributed by atoms with Crippen molar-refractivity contribution < 1.29 is 22.6 Å². The van der Waals surface area contributed by atoms with Crippen LogP contribution in [0.1, 0.15) is 0 Å². The van der Waals surface area contributed by atoms with Crippen LogP contribution in [0.5, 0.6) is 17.2 Å². The number of ether oxygens (including phenoxy) is 3. The van der Waals surface area contributed by atoms with Crippen molar-refractivity contribution in [3.8, 4) is 28.5 Å². The van der Waals surface area contributed by atoms with Gasteiger partial charge in [-0.2, -0.15) is 0 Å². The lowest BCUT2D eigenvalue weighted by Crippen LogP contribution is -2.20. The van der Waals surface area contributed by atoms with Crippen molar-refractivity contribution in [3.63, 3.8) is 0 Å². The van der Waals surface area contributed by atoms with E-state index in [1.165, 1.54) is 24.3 Å². The van der Waals surface area contributed by atoms with Crippen molar-refractivity contribution in [1.82, 2.24) is 8.87 Å². The third kappa shape index (κ3) is 4.82. The van der Waals surface area contributed by atoms with Crippen molar-refractivity contribution in [1.29, 1.82) is 0 Å². The van der Waals surface area contributed by atoms with E-state index in [0.717, 1.165) is 0 Å². The van der Waals surface area contributed by atoms with Gasteiger partial charge < -0.3 is 19.1 Å². The first-order chi connectivity index (χ1) is 16.8. The molecular formula is C26H27ClN2O5S. The van der Waals surface area contributed by atoms with E-state index in [9.17, 15) is 8.42 Å². The molecule has 0 unspecified atom stereocenters. The van der Waals surface area contributed by atoms with Crippen molar-refractivity contribution >= 4 is 32.5 Å². The van der Waals surface area contributed by atoms with Crippen molar-refractivity contribution in [2.75, 3.05) is 41.5 Å². The first kappa shape index (κ1) is 24.9. The van der Waals surface area contributed by atoms with E-state index >= 15 is 0 Å². The lowest BCUT2D eigenvalue weighted by molar-refractivity contribution is 0.264. The predicted molar refractivity (Wildman–Crippen MR) is 139 cm³/mol. The average Bonchev–Trinajstić information content (AvgIpc) is 3.17. The summed E-state index contributed by atoms with van der Waals surface area (Å²) in [4.78, 5) is 1.99. The van der Waals surface area contributed by atoms with Gasteiger partial charge in [0.15, 0.2) is 5.75 Å². The van der Waals surface area contributed by atoms with Crippen LogP contribution in [0.15, 0.2) is 71.6 Å². The molecule has 0 radical (unpaired) electrons. The van der Waals surface area contributed by atoms with E-state index in [4.69, 9.17) is 25.8 Å². The number of halogens is 1. The summed E-state index contributed by atoms with van der Waals surface area (Å²) in [6.07, 6.45) is 0. The number of fused-ring (bicyclic) bond motifs is 1. The third-order valence-electron chi connectivity index (χ3n) is 5.56. The molecule has 0 atom stereocenters. The Balaban J connectivity index is 2.06. The molecule has 0 N–H and O–H groups in total. The maximum absolute atomic E-state index is 14.3. The van der Waals surface area contributed by atoms with Gasteiger partial charge in [0.05, 0.1) is 19.7 Å². The minimum atomic E-state index is -4.16. The van der Waals surface area contributed by atoms with Gasteiger partial charge in [0, 0.05) is 28.6 Å². The zero-order chi connectivity index (χ0) is 25.2. The van der Waals surface area contributed by atoms with E-state index in [-0.39, 0.29) is 10.6 Å². The van der Waals surface area contributed by atoms with Gasteiger partial charge in [0.25, 0.3) is 10.0 Å². The topological polar surface area (TPSA) is 70.0 Å². The molecule has 0 aliphatic heterocycles. The Morgan fingerprint density at radius 1 is 0.943 bits per heavy atom. The second-order valence-electron chi connectivity index (χ2n) is 8.14. The smallest absolute Gasteiger partial charge is 0.272 e. The quantitative estimate of drug-likeness (QED) is 0.307. The maximum Gasteiger partial charge on any atom is 0.272 e. The fourth-order valence-electron chi connectivity index (χ4n) is 3.86. The van der Waals surface area contributed by atoms with Gasteiger partial charge in [0.1, 0.15) is 28.7 Å². The van der Waals surface area contributed by atoms with Crippen LogP contribution >= 0.6 is 11.6 Å². The van der Waals surface area contributed by atoms with Crippen molar-refractivity contribution in [3.05, 3.63) is 71.8 Å². The summed E-state index contributed by atoms with van der Waals surface area (Å²) in [5.74, 6) is 1.13. The highest BCUT2D eigenvalue weighted by Gasteiger charge is 2.31. The third-order valence-corrected chi connectivity index (χ3v) is 7.55. The molecule has 0 spiro atoms. The molecule has 0 bridgehead atoms. The van der Waals surface area contributed by atoms with Crippen LogP contribution in [0.25, 0.3) is 22.2 Å². The zero-order valence-electron chi connectivity index (χ0n) is 20.0. The van der Waals surface area contributed by atoms with Gasteiger partial charge in [-0.3, -0.25) is 0 Å². The highest BCUT2D eigenvalue weighted by Crippen LogP contribution is 2.44. The number of methoxy groups -OCH3 is 2. The zero-order valence-corrected chi connectivity index (χ0v) is 21.6. The van der Waals surface area contributed by atoms with E-state index in [1.807, 2.05) is 49.3 Å². The molecule has 0 saturated carbocycles. The number of likely N-dealkylation sites (N-methyl/N-ethyl adjacent to an activating group) is 1. The molecule has 4 aromatic rings. The first-order valence-electron chi connectivity index (χ1n) is 10.9. The Morgan fingerprint density at radius 3 is 2.34 bits per heavy atom. The summed E-state index contributed by atoms with van der Waals surface area (Å²) in [5, 5.41) is 1.05. The van der Waals surface area contributed by atoms with Crippen LogP contribution in [0, 0.1) is 0 Å². The van der Waals surface area contributed by atoms with Crippen LogP contribution in [-0.4, -0.2) is 58.8 Å². The number of nitrogens with zero attached hydrogens (tertiary/aromatic N) is 2. The Morgan fingerprint density at radius 2 is 1.69 bits per heavy atom. The maximum atomic E-state index is 14.3. The molecule has 0 amide bonds. The van der Waals surface area contributed by atoms with Crippen LogP contribution in [0.4, 0.5) is 0 Å². The monoisotopic (exact) mass is 514 g/mol. The van der Waals surface area contributed by atoms with Gasteiger partial charge in [-0.05, 0) is 44.4 Å². The molecule has 9 heteroatoms. The van der Waals surface area contributed by atoms with Crippen molar-refractivity contribution in [2.24, 2.45) is 0 Å². The Labute approximate surface area is 210 Å². The minimum absolute atomic E-state index is 0.00491. The number of hydrogen-bond acceptors (Lipinski definition) is 6. The highest BCUT2D eigenvalue weighted by atomic mass is 35.5. The van der Waals surface area contributed by atoms with E-state index in [0.29, 0.717) is 51.8 Å². The summed E-state index contributed by atoms with van der Waals surface area (Å²) >= 11 is 6.34. The summed E-state index contributed by atoms with van der Waals surface area (Å²) in [5.41, 5.74) is 1.52. The first-order valence-corrected chi connectivity index (χ1v) is 12.7. The normalized spacial score (nSPS) is 11.7. The van der Waals surface area contributed by atoms with Gasteiger partial charge in [0.2, 0.25) is 0 Å². The molecule has 3 aromatic carbocycles. The van der Waals surface area contributed by atoms with Gasteiger partial charge in [-0.1, -0.05) is 41.9 Å². The number of aromatic nitrogens is 1. The Hall–Kier alpha value is -3.20. The fraction of sp³-hybridized carbons (Fsp3) is 0.231. The largest absolute Gasteiger partial charge is 0.497 e. The molecule has 4 rings (SSSR count). The molecule has 0 saturated heterocycles. The summed E-state index contributed by atoms with van der Waals surface area (Å²) in [6.45, 7) is 1.04. The summed E-state index contributed by atoms with van der Waals surface area (Å²) in [7, 11) is 2.67. The molecule has 0 aliphatic rings. The highest BCUT2D eigenvalue weighted by molar-refractivity contribution is 7.90. The molecule has 0 aliphatic carbocycles. The molecule has 35 heavy (non-hydrogen) atoms.